The Morgan fingerprint density at radius 1 is 1.35 bits per heavy atom. The van der Waals surface area contributed by atoms with Crippen LogP contribution in [0.5, 0.6) is 5.75 Å². The summed E-state index contributed by atoms with van der Waals surface area (Å²) in [7, 11) is 0. The zero-order chi connectivity index (χ0) is 14.5. The van der Waals surface area contributed by atoms with Gasteiger partial charge >= 0.3 is 5.97 Å². The third-order valence-corrected chi connectivity index (χ3v) is 3.37. The van der Waals surface area contributed by atoms with E-state index < -0.39 is 12.0 Å². The fourth-order valence-corrected chi connectivity index (χ4v) is 2.25. The summed E-state index contributed by atoms with van der Waals surface area (Å²) in [5.74, 6) is -1.21. The van der Waals surface area contributed by atoms with E-state index in [1.165, 1.54) is 12.1 Å². The molecule has 1 aliphatic heterocycles. The SMILES string of the molecule is O=C(O)[C@H](Cc1ccc(O)cc1)NC(=O)[C@H]1CCCN1. The van der Waals surface area contributed by atoms with Crippen molar-refractivity contribution in [1.82, 2.24) is 10.6 Å². The van der Waals surface area contributed by atoms with Crippen molar-refractivity contribution in [3.05, 3.63) is 29.8 Å². The number of nitrogens with one attached hydrogen (secondary N) is 2. The Morgan fingerprint density at radius 3 is 2.60 bits per heavy atom. The minimum absolute atomic E-state index is 0.125. The molecule has 1 amide bonds. The summed E-state index contributed by atoms with van der Waals surface area (Å²) in [6.45, 7) is 0.786. The lowest BCUT2D eigenvalue weighted by atomic mass is 10.1. The summed E-state index contributed by atoms with van der Waals surface area (Å²) in [5, 5.41) is 24.0. The molecule has 6 nitrogen and oxygen atoms in total. The molecule has 1 aliphatic rings. The topological polar surface area (TPSA) is 98.7 Å². The van der Waals surface area contributed by atoms with Crippen LogP contribution in [-0.2, 0) is 16.0 Å². The molecule has 20 heavy (non-hydrogen) atoms. The van der Waals surface area contributed by atoms with Crippen LogP contribution in [0.3, 0.4) is 0 Å². The second-order valence-corrected chi connectivity index (χ2v) is 4.92. The Balaban J connectivity index is 1.98. The first-order valence-corrected chi connectivity index (χ1v) is 6.61. The van der Waals surface area contributed by atoms with Crippen LogP contribution in [0.25, 0.3) is 0 Å². The van der Waals surface area contributed by atoms with Crippen molar-refractivity contribution in [3.63, 3.8) is 0 Å². The Labute approximate surface area is 116 Å². The standard InChI is InChI=1S/C14H18N2O4/c17-10-5-3-9(4-6-10)8-12(14(19)20)16-13(18)11-2-1-7-15-11/h3-6,11-12,15,17H,1-2,7-8H2,(H,16,18)(H,19,20)/t11-,12+/m1/s1. The molecule has 0 aliphatic carbocycles. The van der Waals surface area contributed by atoms with Gasteiger partial charge in [-0.1, -0.05) is 12.1 Å². The van der Waals surface area contributed by atoms with Crippen molar-refractivity contribution in [1.29, 1.82) is 0 Å². The average Bonchev–Trinajstić information content (AvgIpc) is 2.94. The van der Waals surface area contributed by atoms with E-state index in [0.717, 1.165) is 24.9 Å². The summed E-state index contributed by atoms with van der Waals surface area (Å²) < 4.78 is 0. The molecule has 0 aromatic heterocycles. The second-order valence-electron chi connectivity index (χ2n) is 4.92. The molecule has 108 valence electrons. The molecule has 0 unspecified atom stereocenters. The maximum atomic E-state index is 11.9. The lowest BCUT2D eigenvalue weighted by Gasteiger charge is -2.17. The highest BCUT2D eigenvalue weighted by Gasteiger charge is 2.27. The average molecular weight is 278 g/mol. The number of benzene rings is 1. The van der Waals surface area contributed by atoms with Gasteiger partial charge in [0.1, 0.15) is 11.8 Å². The number of hydrogen-bond donors (Lipinski definition) is 4. The van der Waals surface area contributed by atoms with Gasteiger partial charge < -0.3 is 20.8 Å². The van der Waals surface area contributed by atoms with Gasteiger partial charge in [0, 0.05) is 6.42 Å². The van der Waals surface area contributed by atoms with E-state index >= 15 is 0 Å². The number of carbonyl (C=O) groups excluding carboxylic acids is 1. The van der Waals surface area contributed by atoms with Crippen LogP contribution in [0.2, 0.25) is 0 Å². The van der Waals surface area contributed by atoms with Crippen LogP contribution in [0.4, 0.5) is 0 Å². The molecule has 0 bridgehead atoms. The van der Waals surface area contributed by atoms with E-state index in [0.29, 0.717) is 0 Å². The van der Waals surface area contributed by atoms with Crippen LogP contribution < -0.4 is 10.6 Å². The van der Waals surface area contributed by atoms with Crippen LogP contribution in [0.1, 0.15) is 18.4 Å². The van der Waals surface area contributed by atoms with Gasteiger partial charge in [-0.25, -0.2) is 4.79 Å². The van der Waals surface area contributed by atoms with Crippen LogP contribution in [0, 0.1) is 0 Å². The zero-order valence-electron chi connectivity index (χ0n) is 11.0. The molecule has 2 atom stereocenters. The Bertz CT molecular complexity index is 480. The first-order chi connectivity index (χ1) is 9.56. The monoisotopic (exact) mass is 278 g/mol. The molecule has 0 radical (unpaired) electrons. The minimum atomic E-state index is -1.07. The maximum absolute atomic E-state index is 11.9. The summed E-state index contributed by atoms with van der Waals surface area (Å²) in [6, 6.07) is 5.02. The van der Waals surface area contributed by atoms with Gasteiger partial charge in [-0.2, -0.15) is 0 Å². The van der Waals surface area contributed by atoms with Crippen molar-refractivity contribution in [2.45, 2.75) is 31.3 Å². The van der Waals surface area contributed by atoms with E-state index in [-0.39, 0.29) is 24.1 Å². The van der Waals surface area contributed by atoms with E-state index in [1.807, 2.05) is 0 Å². The molecule has 6 heteroatoms. The highest BCUT2D eigenvalue weighted by molar-refractivity contribution is 5.87. The van der Waals surface area contributed by atoms with E-state index in [1.54, 1.807) is 12.1 Å². The molecule has 1 saturated heterocycles. The third-order valence-electron chi connectivity index (χ3n) is 3.37. The van der Waals surface area contributed by atoms with E-state index in [9.17, 15) is 19.8 Å². The number of phenolic OH excluding ortho intramolecular Hbond substituents is 1. The van der Waals surface area contributed by atoms with Gasteiger partial charge in [-0.15, -0.1) is 0 Å². The lowest BCUT2D eigenvalue weighted by molar-refractivity contribution is -0.142. The molecular weight excluding hydrogens is 260 g/mol. The first kappa shape index (κ1) is 14.3. The minimum Gasteiger partial charge on any atom is -0.508 e. The summed E-state index contributed by atoms with van der Waals surface area (Å²) in [5.41, 5.74) is 0.745. The number of amides is 1. The van der Waals surface area contributed by atoms with Crippen molar-refractivity contribution in [2.75, 3.05) is 6.54 Å². The van der Waals surface area contributed by atoms with Gasteiger partial charge in [0.05, 0.1) is 6.04 Å². The molecule has 4 N–H and O–H groups in total. The summed E-state index contributed by atoms with van der Waals surface area (Å²) in [6.07, 6.45) is 1.85. The van der Waals surface area contributed by atoms with Gasteiger partial charge in [0.15, 0.2) is 0 Å². The third kappa shape index (κ3) is 3.71. The van der Waals surface area contributed by atoms with Crippen molar-refractivity contribution >= 4 is 11.9 Å². The largest absolute Gasteiger partial charge is 0.508 e. The number of carbonyl (C=O) groups is 2. The Kier molecular flexibility index (Phi) is 4.57. The van der Waals surface area contributed by atoms with E-state index in [2.05, 4.69) is 10.6 Å². The Morgan fingerprint density at radius 2 is 2.05 bits per heavy atom. The summed E-state index contributed by atoms with van der Waals surface area (Å²) in [4.78, 5) is 23.2. The summed E-state index contributed by atoms with van der Waals surface area (Å²) >= 11 is 0. The zero-order valence-corrected chi connectivity index (χ0v) is 11.0. The number of hydrogen-bond acceptors (Lipinski definition) is 4. The molecule has 2 rings (SSSR count). The van der Waals surface area contributed by atoms with Crippen molar-refractivity contribution in [3.8, 4) is 5.75 Å². The van der Waals surface area contributed by atoms with Gasteiger partial charge in [-0.05, 0) is 37.1 Å². The Hall–Kier alpha value is -2.08. The first-order valence-electron chi connectivity index (χ1n) is 6.61. The number of aromatic hydroxyl groups is 1. The smallest absolute Gasteiger partial charge is 0.326 e. The highest BCUT2D eigenvalue weighted by Crippen LogP contribution is 2.12. The molecule has 1 fully saturated rings. The fourth-order valence-electron chi connectivity index (χ4n) is 2.25. The van der Waals surface area contributed by atoms with E-state index in [4.69, 9.17) is 0 Å². The maximum Gasteiger partial charge on any atom is 0.326 e. The van der Waals surface area contributed by atoms with Gasteiger partial charge in [0.25, 0.3) is 0 Å². The number of phenols is 1. The molecule has 1 heterocycles. The molecule has 0 spiro atoms. The van der Waals surface area contributed by atoms with Crippen molar-refractivity contribution < 1.29 is 19.8 Å². The lowest BCUT2D eigenvalue weighted by Crippen LogP contribution is -2.49. The highest BCUT2D eigenvalue weighted by atomic mass is 16.4. The van der Waals surface area contributed by atoms with Gasteiger partial charge in [0.2, 0.25) is 5.91 Å². The second kappa shape index (κ2) is 6.38. The molecule has 0 saturated carbocycles. The number of carboxylic acids is 1. The number of rotatable bonds is 5. The molecular formula is C14H18N2O4. The fraction of sp³-hybridized carbons (Fsp3) is 0.429. The van der Waals surface area contributed by atoms with Crippen LogP contribution in [-0.4, -0.2) is 40.7 Å². The van der Waals surface area contributed by atoms with Crippen LogP contribution in [0.15, 0.2) is 24.3 Å². The van der Waals surface area contributed by atoms with Crippen molar-refractivity contribution in [2.24, 2.45) is 0 Å². The predicted octanol–water partition coefficient (Wildman–Crippen LogP) is 0.256. The number of carboxylic acid groups (broad SMARTS) is 1. The predicted molar refractivity (Wildman–Crippen MR) is 72.4 cm³/mol. The normalized spacial score (nSPS) is 19.5. The molecule has 1 aromatic rings. The van der Waals surface area contributed by atoms with Crippen LogP contribution >= 0.6 is 0 Å². The molecule has 1 aromatic carbocycles. The number of aliphatic carboxylic acids is 1. The van der Waals surface area contributed by atoms with Gasteiger partial charge in [-0.3, -0.25) is 4.79 Å². The quantitative estimate of drug-likeness (QED) is 0.619.